The van der Waals surface area contributed by atoms with Crippen molar-refractivity contribution in [3.05, 3.63) is 46.5 Å². The molecule has 0 aromatic heterocycles. The zero-order valence-electron chi connectivity index (χ0n) is 18.0. The second-order valence-corrected chi connectivity index (χ2v) is 8.38. The van der Waals surface area contributed by atoms with Crippen LogP contribution in [0.2, 0.25) is 0 Å². The summed E-state index contributed by atoms with van der Waals surface area (Å²) in [5.74, 6) is -3.32. The molecule has 2 aliphatic rings. The van der Waals surface area contributed by atoms with Gasteiger partial charge in [0.25, 0.3) is 5.91 Å². The monoisotopic (exact) mass is 527 g/mol. The number of ether oxygens (including phenoxy) is 4. The van der Waals surface area contributed by atoms with E-state index in [4.69, 9.17) is 24.1 Å². The molecule has 2 aliphatic heterocycles. The van der Waals surface area contributed by atoms with Gasteiger partial charge in [-0.25, -0.2) is 9.69 Å². The number of aliphatic hydroxyl groups excluding tert-OH is 1. The summed E-state index contributed by atoms with van der Waals surface area (Å²) in [5, 5.41) is 19.8. The smallest absolute Gasteiger partial charge is 0.417 e. The Morgan fingerprint density at radius 3 is 2.70 bits per heavy atom. The van der Waals surface area contributed by atoms with E-state index in [1.165, 1.54) is 7.11 Å². The van der Waals surface area contributed by atoms with Gasteiger partial charge in [0.1, 0.15) is 12.6 Å². The lowest BCUT2D eigenvalue weighted by Crippen LogP contribution is -2.55. The molecule has 11 heteroatoms. The van der Waals surface area contributed by atoms with Crippen molar-refractivity contribution in [2.45, 2.75) is 36.9 Å². The van der Waals surface area contributed by atoms with E-state index in [1.54, 1.807) is 30.3 Å². The van der Waals surface area contributed by atoms with Crippen LogP contribution in [0.1, 0.15) is 24.4 Å². The number of hydrogen-bond donors (Lipinski definition) is 2. The molecule has 1 saturated heterocycles. The summed E-state index contributed by atoms with van der Waals surface area (Å²) < 4.78 is 21.4. The van der Waals surface area contributed by atoms with Crippen LogP contribution in [0.5, 0.6) is 0 Å². The summed E-state index contributed by atoms with van der Waals surface area (Å²) in [6.07, 6.45) is -2.31. The Bertz CT molecular complexity index is 893. The number of aliphatic hydroxyl groups is 2. The molecule has 1 aromatic carbocycles. The molecule has 0 saturated carbocycles. The van der Waals surface area contributed by atoms with Crippen LogP contribution in [0.3, 0.4) is 0 Å². The molecule has 0 unspecified atom stereocenters. The first-order chi connectivity index (χ1) is 15.8. The molecule has 1 aromatic rings. The van der Waals surface area contributed by atoms with E-state index in [1.807, 2.05) is 0 Å². The van der Waals surface area contributed by atoms with Crippen LogP contribution in [0.25, 0.3) is 0 Å². The Balaban J connectivity index is 1.78. The Labute approximate surface area is 199 Å². The van der Waals surface area contributed by atoms with Gasteiger partial charge in [-0.3, -0.25) is 9.59 Å². The predicted octanol–water partition coefficient (Wildman–Crippen LogP) is 1.45. The van der Waals surface area contributed by atoms with Crippen LogP contribution in [0, 0.1) is 0 Å². The second-order valence-electron chi connectivity index (χ2n) is 7.52. The third kappa shape index (κ3) is 5.68. The number of halogens is 1. The Morgan fingerprint density at radius 2 is 2.03 bits per heavy atom. The van der Waals surface area contributed by atoms with Gasteiger partial charge < -0.3 is 29.2 Å². The van der Waals surface area contributed by atoms with Crippen LogP contribution >= 0.6 is 15.9 Å². The SMILES string of the molecule is CO[C@H](C(=O)N1C(=O)OC[C@@H]1c1ccccc1)[C@H]1O[C@](O)(CCCOCCO)C(Br)=CC1=O. The van der Waals surface area contributed by atoms with Crippen molar-refractivity contribution in [2.75, 3.05) is 33.5 Å². The number of rotatable bonds is 10. The van der Waals surface area contributed by atoms with Gasteiger partial charge in [0.15, 0.2) is 23.8 Å². The Morgan fingerprint density at radius 1 is 1.30 bits per heavy atom. The van der Waals surface area contributed by atoms with Crippen molar-refractivity contribution in [1.29, 1.82) is 0 Å². The molecule has 2 N–H and O–H groups in total. The lowest BCUT2D eigenvalue weighted by molar-refractivity contribution is -0.227. The van der Waals surface area contributed by atoms with E-state index in [9.17, 15) is 19.5 Å². The summed E-state index contributed by atoms with van der Waals surface area (Å²) in [5.41, 5.74) is 0.685. The number of imide groups is 1. The normalized spacial score (nSPS) is 26.2. The predicted molar refractivity (Wildman–Crippen MR) is 117 cm³/mol. The number of hydrogen-bond acceptors (Lipinski definition) is 9. The van der Waals surface area contributed by atoms with E-state index < -0.39 is 41.8 Å². The number of nitrogens with zero attached hydrogens (tertiary/aromatic N) is 1. The summed E-state index contributed by atoms with van der Waals surface area (Å²) >= 11 is 3.16. The molecular weight excluding hydrogens is 502 g/mol. The highest BCUT2D eigenvalue weighted by Gasteiger charge is 2.50. The first-order valence-electron chi connectivity index (χ1n) is 10.4. The van der Waals surface area contributed by atoms with E-state index in [-0.39, 0.29) is 37.3 Å². The first-order valence-corrected chi connectivity index (χ1v) is 11.2. The van der Waals surface area contributed by atoms with Gasteiger partial charge in [0.05, 0.1) is 17.7 Å². The van der Waals surface area contributed by atoms with Crippen LogP contribution in [0.15, 0.2) is 40.9 Å². The lowest BCUT2D eigenvalue weighted by Gasteiger charge is -2.38. The number of ketones is 1. The van der Waals surface area contributed by atoms with Crippen LogP contribution < -0.4 is 0 Å². The van der Waals surface area contributed by atoms with Crippen molar-refractivity contribution in [3.63, 3.8) is 0 Å². The quantitative estimate of drug-likeness (QED) is 0.433. The lowest BCUT2D eigenvalue weighted by atomic mass is 9.99. The zero-order chi connectivity index (χ0) is 24.0. The molecule has 2 amide bonds. The maximum atomic E-state index is 13.4. The number of amides is 2. The number of carbonyl (C=O) groups excluding carboxylic acids is 3. The number of methoxy groups -OCH3 is 1. The number of cyclic esters (lactones) is 1. The summed E-state index contributed by atoms with van der Waals surface area (Å²) in [6, 6.07) is 8.18. The van der Waals surface area contributed by atoms with Crippen LogP contribution in [-0.2, 0) is 28.5 Å². The molecular formula is C22H26BrNO9. The zero-order valence-corrected chi connectivity index (χ0v) is 19.6. The van der Waals surface area contributed by atoms with Crippen LogP contribution in [0.4, 0.5) is 4.79 Å². The standard InChI is InChI=1S/C22H26BrNO9/c1-30-19(20(27)24-15(13-32-21(24)28)14-6-3-2-4-7-14)18-16(26)12-17(23)22(29,33-18)8-5-10-31-11-9-25/h2-4,6-7,12,15,18-19,25,29H,5,8-11,13H2,1H3/t15-,18+,19+,22-/m1/s1. The third-order valence-corrected chi connectivity index (χ3v) is 6.20. The molecule has 33 heavy (non-hydrogen) atoms. The minimum Gasteiger partial charge on any atom is -0.446 e. The summed E-state index contributed by atoms with van der Waals surface area (Å²) in [4.78, 5) is 39.4. The highest BCUT2D eigenvalue weighted by atomic mass is 79.9. The third-order valence-electron chi connectivity index (χ3n) is 5.35. The summed E-state index contributed by atoms with van der Waals surface area (Å²) in [7, 11) is 1.22. The van der Waals surface area contributed by atoms with E-state index in [0.717, 1.165) is 11.0 Å². The first kappa shape index (κ1) is 25.5. The second kappa shape index (κ2) is 11.3. The highest BCUT2D eigenvalue weighted by Crippen LogP contribution is 2.37. The minimum absolute atomic E-state index is 0.0340. The topological polar surface area (TPSA) is 132 Å². The fourth-order valence-corrected chi connectivity index (χ4v) is 4.21. The van der Waals surface area contributed by atoms with Crippen molar-refractivity contribution in [2.24, 2.45) is 0 Å². The molecule has 0 bridgehead atoms. The van der Waals surface area contributed by atoms with E-state index in [2.05, 4.69) is 15.9 Å². The average Bonchev–Trinajstić information content (AvgIpc) is 3.19. The molecule has 180 valence electrons. The van der Waals surface area contributed by atoms with Gasteiger partial charge in [0, 0.05) is 20.1 Å². The van der Waals surface area contributed by atoms with Crippen molar-refractivity contribution in [3.8, 4) is 0 Å². The minimum atomic E-state index is -1.90. The van der Waals surface area contributed by atoms with Crippen molar-refractivity contribution >= 4 is 33.7 Å². The van der Waals surface area contributed by atoms with Gasteiger partial charge >= 0.3 is 6.09 Å². The van der Waals surface area contributed by atoms with Gasteiger partial charge in [-0.2, -0.15) is 0 Å². The summed E-state index contributed by atoms with van der Waals surface area (Å²) in [6.45, 7) is 0.248. The molecule has 3 rings (SSSR count). The van der Waals surface area contributed by atoms with Gasteiger partial charge in [-0.15, -0.1) is 0 Å². The van der Waals surface area contributed by atoms with Gasteiger partial charge in [-0.05, 0) is 34.0 Å². The van der Waals surface area contributed by atoms with E-state index in [0.29, 0.717) is 12.0 Å². The van der Waals surface area contributed by atoms with Gasteiger partial charge in [-0.1, -0.05) is 30.3 Å². The largest absolute Gasteiger partial charge is 0.446 e. The molecule has 2 heterocycles. The molecule has 0 spiro atoms. The van der Waals surface area contributed by atoms with Crippen molar-refractivity contribution in [1.82, 2.24) is 4.90 Å². The maximum absolute atomic E-state index is 13.4. The molecule has 0 radical (unpaired) electrons. The Hall–Kier alpha value is -2.15. The Kier molecular flexibility index (Phi) is 8.74. The molecule has 10 nitrogen and oxygen atoms in total. The number of carbonyl (C=O) groups is 3. The maximum Gasteiger partial charge on any atom is 0.417 e. The van der Waals surface area contributed by atoms with Crippen molar-refractivity contribution < 1.29 is 43.5 Å². The molecule has 4 atom stereocenters. The van der Waals surface area contributed by atoms with Gasteiger partial charge in [0.2, 0.25) is 0 Å². The van der Waals surface area contributed by atoms with Crippen LogP contribution in [-0.4, -0.2) is 84.4 Å². The molecule has 0 aliphatic carbocycles. The number of benzene rings is 1. The molecule has 1 fully saturated rings. The fourth-order valence-electron chi connectivity index (χ4n) is 3.69. The highest BCUT2D eigenvalue weighted by molar-refractivity contribution is 9.11. The fraction of sp³-hybridized carbons (Fsp3) is 0.500. The average molecular weight is 528 g/mol. The van der Waals surface area contributed by atoms with E-state index >= 15 is 0 Å².